The summed E-state index contributed by atoms with van der Waals surface area (Å²) in [5, 5.41) is 1.96. The zero-order valence-corrected chi connectivity index (χ0v) is 10.1. The average molecular weight is 283 g/mol. The third-order valence-electron chi connectivity index (χ3n) is 1.84. The Balaban J connectivity index is 2.11. The second kappa shape index (κ2) is 4.63. The fourth-order valence-electron chi connectivity index (χ4n) is 1.15. The molecular formula is C10H7BrN2OS. The maximum Gasteiger partial charge on any atom is 0.171 e. The molecule has 3 nitrogen and oxygen atoms in total. The van der Waals surface area contributed by atoms with Crippen molar-refractivity contribution in [2.45, 2.75) is 6.42 Å². The lowest BCUT2D eigenvalue weighted by molar-refractivity contribution is 0.0993. The average Bonchev–Trinajstić information content (AvgIpc) is 2.65. The summed E-state index contributed by atoms with van der Waals surface area (Å²) in [6, 6.07) is 1.95. The number of Topliss-reactive ketones (excluding diaryl/α,β-unsaturated/α-hetero) is 1. The molecule has 0 N–H and O–H groups in total. The van der Waals surface area contributed by atoms with Crippen molar-refractivity contribution in [2.24, 2.45) is 0 Å². The van der Waals surface area contributed by atoms with Crippen molar-refractivity contribution in [1.29, 1.82) is 0 Å². The fraction of sp³-hybridized carbons (Fsp3) is 0.100. The Morgan fingerprint density at radius 2 is 2.13 bits per heavy atom. The predicted molar refractivity (Wildman–Crippen MR) is 62.1 cm³/mol. The van der Waals surface area contributed by atoms with Gasteiger partial charge in [-0.05, 0) is 22.0 Å². The van der Waals surface area contributed by atoms with Crippen LogP contribution >= 0.6 is 27.3 Å². The van der Waals surface area contributed by atoms with Gasteiger partial charge in [-0.3, -0.25) is 4.79 Å². The number of hydrogen-bond donors (Lipinski definition) is 0. The van der Waals surface area contributed by atoms with Crippen LogP contribution in [0.2, 0.25) is 0 Å². The van der Waals surface area contributed by atoms with Crippen LogP contribution in [0, 0.1) is 0 Å². The Bertz CT molecular complexity index is 469. The SMILES string of the molecule is O=C(Cc1cc(Br)cs1)c1cncnc1. The second-order valence-electron chi connectivity index (χ2n) is 2.96. The van der Waals surface area contributed by atoms with E-state index in [9.17, 15) is 4.79 Å². The highest BCUT2D eigenvalue weighted by molar-refractivity contribution is 9.10. The molecule has 0 atom stereocenters. The first kappa shape index (κ1) is 10.4. The number of carbonyl (C=O) groups is 1. The summed E-state index contributed by atoms with van der Waals surface area (Å²) in [5.74, 6) is 0.0463. The molecule has 0 aliphatic heterocycles. The van der Waals surface area contributed by atoms with Crippen LogP contribution in [0.1, 0.15) is 15.2 Å². The van der Waals surface area contributed by atoms with Crippen molar-refractivity contribution in [3.8, 4) is 0 Å². The summed E-state index contributed by atoms with van der Waals surface area (Å²) in [7, 11) is 0. The van der Waals surface area contributed by atoms with Crippen LogP contribution in [-0.4, -0.2) is 15.8 Å². The maximum atomic E-state index is 11.7. The molecule has 76 valence electrons. The van der Waals surface area contributed by atoms with Gasteiger partial charge in [-0.1, -0.05) is 0 Å². The van der Waals surface area contributed by atoms with Crippen molar-refractivity contribution >= 4 is 33.0 Å². The van der Waals surface area contributed by atoms with Crippen LogP contribution in [0.3, 0.4) is 0 Å². The second-order valence-corrected chi connectivity index (χ2v) is 4.87. The van der Waals surface area contributed by atoms with E-state index in [0.717, 1.165) is 9.35 Å². The van der Waals surface area contributed by atoms with E-state index in [2.05, 4.69) is 25.9 Å². The van der Waals surface area contributed by atoms with Gasteiger partial charge in [0.2, 0.25) is 0 Å². The highest BCUT2D eigenvalue weighted by Gasteiger charge is 2.08. The molecule has 2 aromatic heterocycles. The molecule has 2 aromatic rings. The highest BCUT2D eigenvalue weighted by Crippen LogP contribution is 2.21. The molecule has 2 rings (SSSR count). The highest BCUT2D eigenvalue weighted by atomic mass is 79.9. The van der Waals surface area contributed by atoms with Gasteiger partial charge in [0.1, 0.15) is 6.33 Å². The van der Waals surface area contributed by atoms with Gasteiger partial charge in [-0.15, -0.1) is 11.3 Å². The Kier molecular flexibility index (Phi) is 3.23. The molecular weight excluding hydrogens is 276 g/mol. The molecule has 0 saturated heterocycles. The number of rotatable bonds is 3. The van der Waals surface area contributed by atoms with Crippen LogP contribution in [0.15, 0.2) is 34.6 Å². The van der Waals surface area contributed by atoms with Crippen molar-refractivity contribution in [3.63, 3.8) is 0 Å². The van der Waals surface area contributed by atoms with Gasteiger partial charge in [0, 0.05) is 33.5 Å². The fourth-order valence-corrected chi connectivity index (χ4v) is 2.60. The summed E-state index contributed by atoms with van der Waals surface area (Å²) in [4.78, 5) is 20.4. The van der Waals surface area contributed by atoms with Gasteiger partial charge < -0.3 is 0 Å². The molecule has 15 heavy (non-hydrogen) atoms. The molecule has 0 unspecified atom stereocenters. The van der Waals surface area contributed by atoms with Crippen LogP contribution in [0.25, 0.3) is 0 Å². The lowest BCUT2D eigenvalue weighted by atomic mass is 10.1. The standard InChI is InChI=1S/C10H7BrN2OS/c11-8-1-9(15-5-8)2-10(14)7-3-12-6-13-4-7/h1,3-6H,2H2. The Hall–Kier alpha value is -1.07. The van der Waals surface area contributed by atoms with Crippen LogP contribution in [-0.2, 0) is 6.42 Å². The minimum absolute atomic E-state index is 0.0463. The van der Waals surface area contributed by atoms with E-state index in [1.165, 1.54) is 18.7 Å². The number of nitrogens with zero attached hydrogens (tertiary/aromatic N) is 2. The van der Waals surface area contributed by atoms with E-state index in [4.69, 9.17) is 0 Å². The number of carbonyl (C=O) groups excluding carboxylic acids is 1. The maximum absolute atomic E-state index is 11.7. The number of hydrogen-bond acceptors (Lipinski definition) is 4. The quantitative estimate of drug-likeness (QED) is 0.813. The van der Waals surface area contributed by atoms with Gasteiger partial charge in [-0.25, -0.2) is 9.97 Å². The van der Waals surface area contributed by atoms with Gasteiger partial charge in [0.05, 0.1) is 5.56 Å². The lowest BCUT2D eigenvalue weighted by Gasteiger charge is -1.96. The zero-order valence-electron chi connectivity index (χ0n) is 7.68. The molecule has 0 aliphatic rings. The van der Waals surface area contributed by atoms with E-state index in [1.807, 2.05) is 11.4 Å². The van der Waals surface area contributed by atoms with Gasteiger partial charge in [0.25, 0.3) is 0 Å². The van der Waals surface area contributed by atoms with Crippen molar-refractivity contribution in [2.75, 3.05) is 0 Å². The Morgan fingerprint density at radius 3 is 2.73 bits per heavy atom. The van der Waals surface area contributed by atoms with Gasteiger partial charge in [0.15, 0.2) is 5.78 Å². The van der Waals surface area contributed by atoms with E-state index < -0.39 is 0 Å². The molecule has 0 spiro atoms. The number of halogens is 1. The van der Waals surface area contributed by atoms with Crippen molar-refractivity contribution in [1.82, 2.24) is 9.97 Å². The molecule has 0 aromatic carbocycles. The summed E-state index contributed by atoms with van der Waals surface area (Å²) in [6.45, 7) is 0. The molecule has 0 bridgehead atoms. The third-order valence-corrected chi connectivity index (χ3v) is 3.54. The minimum Gasteiger partial charge on any atom is -0.294 e. The van der Waals surface area contributed by atoms with Crippen molar-refractivity contribution < 1.29 is 4.79 Å². The molecule has 2 heterocycles. The molecule has 0 radical (unpaired) electrons. The van der Waals surface area contributed by atoms with Gasteiger partial charge in [-0.2, -0.15) is 0 Å². The van der Waals surface area contributed by atoms with Crippen LogP contribution in [0.5, 0.6) is 0 Å². The first-order valence-electron chi connectivity index (χ1n) is 4.27. The molecule has 0 saturated carbocycles. The van der Waals surface area contributed by atoms with E-state index in [1.54, 1.807) is 11.3 Å². The van der Waals surface area contributed by atoms with E-state index in [-0.39, 0.29) is 5.78 Å². The minimum atomic E-state index is 0.0463. The number of thiophene rings is 1. The first-order chi connectivity index (χ1) is 7.25. The number of aromatic nitrogens is 2. The zero-order chi connectivity index (χ0) is 10.7. The molecule has 0 amide bonds. The summed E-state index contributed by atoms with van der Waals surface area (Å²) in [6.07, 6.45) is 4.90. The summed E-state index contributed by atoms with van der Waals surface area (Å²) >= 11 is 4.92. The number of ketones is 1. The summed E-state index contributed by atoms with van der Waals surface area (Å²) in [5.41, 5.74) is 0.557. The molecule has 0 aliphatic carbocycles. The normalized spacial score (nSPS) is 10.2. The summed E-state index contributed by atoms with van der Waals surface area (Å²) < 4.78 is 1.01. The lowest BCUT2D eigenvalue weighted by Crippen LogP contribution is -2.03. The predicted octanol–water partition coefficient (Wildman–Crippen LogP) is 2.73. The van der Waals surface area contributed by atoms with Crippen LogP contribution < -0.4 is 0 Å². The first-order valence-corrected chi connectivity index (χ1v) is 5.94. The smallest absolute Gasteiger partial charge is 0.171 e. The van der Waals surface area contributed by atoms with E-state index >= 15 is 0 Å². The molecule has 0 fully saturated rings. The topological polar surface area (TPSA) is 42.9 Å². The van der Waals surface area contributed by atoms with Gasteiger partial charge >= 0.3 is 0 Å². The monoisotopic (exact) mass is 282 g/mol. The van der Waals surface area contributed by atoms with E-state index in [0.29, 0.717) is 12.0 Å². The Labute approximate surface area is 99.3 Å². The Morgan fingerprint density at radius 1 is 1.40 bits per heavy atom. The molecule has 5 heteroatoms. The van der Waals surface area contributed by atoms with Crippen molar-refractivity contribution in [3.05, 3.63) is 45.1 Å². The third kappa shape index (κ3) is 2.70. The van der Waals surface area contributed by atoms with Crippen LogP contribution in [0.4, 0.5) is 0 Å². The largest absolute Gasteiger partial charge is 0.294 e.